The smallest absolute Gasteiger partial charge is 0.303 e. The molecule has 1 saturated carbocycles. The number of aromatic hydroxyl groups is 1. The summed E-state index contributed by atoms with van der Waals surface area (Å²) in [5.74, 6) is -5.79. The number of methoxy groups -OCH3 is 1. The molecule has 0 spiro atoms. The highest BCUT2D eigenvalue weighted by Crippen LogP contribution is 2.64. The zero-order valence-electron chi connectivity index (χ0n) is 28.3. The van der Waals surface area contributed by atoms with Gasteiger partial charge in [0, 0.05) is 23.9 Å². The Hall–Kier alpha value is -4.87. The van der Waals surface area contributed by atoms with Crippen LogP contribution >= 0.6 is 23.2 Å². The molecule has 6 atom stereocenters. The second-order valence-corrected chi connectivity index (χ2v) is 14.7. The molecule has 3 N–H and O–H groups in total. The van der Waals surface area contributed by atoms with Crippen LogP contribution in [0.2, 0.25) is 10.0 Å². The standard InChI is InChI=1S/C39H37Cl2N3O8/c1-52-25-12-9-22(10-13-25)39-29(36(49)44(38(39)51)42-31-16-11-23(40)19-30(31)41)20-28-26(34(39)21-6-5-7-24(45)18-21)14-15-27-33(28)37(50)43(35(27)48)17-4-2-3-8-32(46)47/h5-7,9-14,16,18-19,27-29,33-34,42,45H,2-4,8,15,17,20H2,1H3,(H,46,47). The van der Waals surface area contributed by atoms with Gasteiger partial charge in [-0.1, -0.05) is 65.5 Å². The Morgan fingerprint density at radius 1 is 0.942 bits per heavy atom. The lowest BCUT2D eigenvalue weighted by Crippen LogP contribution is -2.53. The van der Waals surface area contributed by atoms with Crippen LogP contribution in [0.5, 0.6) is 11.5 Å². The van der Waals surface area contributed by atoms with Crippen molar-refractivity contribution in [2.24, 2.45) is 23.7 Å². The number of halogens is 2. The maximum Gasteiger partial charge on any atom is 0.303 e. The molecule has 52 heavy (non-hydrogen) atoms. The minimum absolute atomic E-state index is 0.0130. The van der Waals surface area contributed by atoms with Gasteiger partial charge in [0.1, 0.15) is 11.5 Å². The van der Waals surface area contributed by atoms with Crippen molar-refractivity contribution < 1.29 is 38.9 Å². The van der Waals surface area contributed by atoms with E-state index >= 15 is 4.79 Å². The Bertz CT molecular complexity index is 2000. The minimum atomic E-state index is -1.53. The van der Waals surface area contributed by atoms with Crippen molar-refractivity contribution in [1.82, 2.24) is 9.91 Å². The zero-order valence-corrected chi connectivity index (χ0v) is 29.8. The summed E-state index contributed by atoms with van der Waals surface area (Å²) in [7, 11) is 1.53. The van der Waals surface area contributed by atoms with Gasteiger partial charge in [0.25, 0.3) is 11.8 Å². The molecule has 2 aliphatic heterocycles. The van der Waals surface area contributed by atoms with Crippen LogP contribution in [-0.2, 0) is 29.4 Å². The summed E-state index contributed by atoms with van der Waals surface area (Å²) < 4.78 is 5.44. The number of unbranched alkanes of at least 4 members (excludes halogenated alkanes) is 2. The second kappa shape index (κ2) is 13.9. The first-order valence-corrected chi connectivity index (χ1v) is 18.0. The predicted molar refractivity (Wildman–Crippen MR) is 192 cm³/mol. The average Bonchev–Trinajstić information content (AvgIpc) is 3.49. The fourth-order valence-corrected chi connectivity index (χ4v) is 9.38. The number of benzene rings is 3. The van der Waals surface area contributed by atoms with E-state index in [2.05, 4.69) is 5.43 Å². The van der Waals surface area contributed by atoms with Crippen LogP contribution in [0, 0.1) is 23.7 Å². The number of hydrogen-bond donors (Lipinski definition) is 3. The van der Waals surface area contributed by atoms with Gasteiger partial charge in [0.05, 0.1) is 41.0 Å². The summed E-state index contributed by atoms with van der Waals surface area (Å²) in [4.78, 5) is 70.3. The SMILES string of the molecule is COc1ccc(C23C(=O)N(Nc4ccc(Cl)cc4Cl)C(=O)C2CC2C(=CCC4C(=O)N(CCCCCC(=O)O)C(=O)C42)C3c2cccc(O)c2)cc1. The molecule has 3 fully saturated rings. The van der Waals surface area contributed by atoms with Crippen molar-refractivity contribution >= 4 is 58.5 Å². The van der Waals surface area contributed by atoms with E-state index in [1.165, 1.54) is 24.1 Å². The van der Waals surface area contributed by atoms with Gasteiger partial charge in [-0.25, -0.2) is 0 Å². The summed E-state index contributed by atoms with van der Waals surface area (Å²) in [6.45, 7) is 0.179. The van der Waals surface area contributed by atoms with E-state index < -0.39 is 52.8 Å². The van der Waals surface area contributed by atoms with Gasteiger partial charge in [-0.05, 0) is 85.2 Å². The molecule has 0 bridgehead atoms. The van der Waals surface area contributed by atoms with Crippen LogP contribution in [0.3, 0.4) is 0 Å². The van der Waals surface area contributed by atoms with Crippen molar-refractivity contribution in [2.45, 2.75) is 49.9 Å². The number of carboxylic acids is 1. The first kappa shape index (κ1) is 35.5. The molecule has 2 heterocycles. The van der Waals surface area contributed by atoms with E-state index in [9.17, 15) is 24.3 Å². The number of carboxylic acid groups (broad SMARTS) is 1. The lowest BCUT2D eigenvalue weighted by molar-refractivity contribution is -0.141. The third-order valence-corrected chi connectivity index (χ3v) is 11.7. The largest absolute Gasteiger partial charge is 0.508 e. The Balaban J connectivity index is 1.35. The first-order chi connectivity index (χ1) is 25.0. The summed E-state index contributed by atoms with van der Waals surface area (Å²) in [5, 5.41) is 21.3. The highest BCUT2D eigenvalue weighted by atomic mass is 35.5. The number of likely N-dealkylation sites (tertiary alicyclic amines) is 1. The Morgan fingerprint density at radius 2 is 1.71 bits per heavy atom. The fraction of sp³-hybridized carbons (Fsp3) is 0.359. The Labute approximate surface area is 310 Å². The molecule has 6 unspecified atom stereocenters. The van der Waals surface area contributed by atoms with E-state index in [1.54, 1.807) is 54.6 Å². The van der Waals surface area contributed by atoms with Gasteiger partial charge in [-0.15, -0.1) is 0 Å². The zero-order chi connectivity index (χ0) is 36.9. The Morgan fingerprint density at radius 3 is 2.40 bits per heavy atom. The monoisotopic (exact) mass is 745 g/mol. The number of imide groups is 2. The number of nitrogens with zero attached hydrogens (tertiary/aromatic N) is 2. The molecule has 11 nitrogen and oxygen atoms in total. The van der Waals surface area contributed by atoms with Gasteiger partial charge in [0.2, 0.25) is 11.8 Å². The molecule has 3 aromatic carbocycles. The lowest BCUT2D eigenvalue weighted by Gasteiger charge is -2.50. The predicted octanol–water partition coefficient (Wildman–Crippen LogP) is 6.34. The van der Waals surface area contributed by atoms with Crippen molar-refractivity contribution in [2.75, 3.05) is 19.1 Å². The molecule has 4 aliphatic rings. The molecule has 7 rings (SSSR count). The summed E-state index contributed by atoms with van der Waals surface area (Å²) >= 11 is 12.7. The molecule has 2 aliphatic carbocycles. The third kappa shape index (κ3) is 5.80. The van der Waals surface area contributed by atoms with Gasteiger partial charge in [0.15, 0.2) is 0 Å². The van der Waals surface area contributed by atoms with E-state index in [0.717, 1.165) is 10.6 Å². The number of nitrogens with one attached hydrogen (secondary N) is 1. The normalized spacial score (nSPS) is 26.5. The number of anilines is 1. The quantitative estimate of drug-likeness (QED) is 0.116. The number of allylic oxidation sites excluding steroid dienone is 2. The fourth-order valence-electron chi connectivity index (χ4n) is 8.93. The van der Waals surface area contributed by atoms with E-state index in [4.69, 9.17) is 33.0 Å². The topological polar surface area (TPSA) is 154 Å². The van der Waals surface area contributed by atoms with Gasteiger partial charge in [-0.2, -0.15) is 5.01 Å². The van der Waals surface area contributed by atoms with Crippen LogP contribution in [0.1, 0.15) is 55.6 Å². The number of carbonyl (C=O) groups is 5. The molecular formula is C39H37Cl2N3O8. The number of aliphatic carboxylic acids is 1. The molecule has 0 aromatic heterocycles. The van der Waals surface area contributed by atoms with Gasteiger partial charge < -0.3 is 14.9 Å². The lowest BCUT2D eigenvalue weighted by atomic mass is 9.49. The molecular weight excluding hydrogens is 709 g/mol. The van der Waals surface area contributed by atoms with Crippen molar-refractivity contribution in [3.05, 3.63) is 99.6 Å². The molecule has 2 saturated heterocycles. The maximum absolute atomic E-state index is 15.2. The number of hydrazine groups is 1. The molecule has 4 amide bonds. The number of phenolic OH excluding ortho intramolecular Hbond substituents is 1. The summed E-state index contributed by atoms with van der Waals surface area (Å²) in [6.07, 6.45) is 3.80. The minimum Gasteiger partial charge on any atom is -0.508 e. The van der Waals surface area contributed by atoms with E-state index in [0.29, 0.717) is 41.2 Å². The van der Waals surface area contributed by atoms with Crippen molar-refractivity contribution in [3.8, 4) is 11.5 Å². The van der Waals surface area contributed by atoms with Crippen molar-refractivity contribution in [1.29, 1.82) is 0 Å². The van der Waals surface area contributed by atoms with Crippen LogP contribution in [0.4, 0.5) is 5.69 Å². The second-order valence-electron chi connectivity index (χ2n) is 13.8. The average molecular weight is 747 g/mol. The number of ether oxygens (including phenoxy) is 1. The highest BCUT2D eigenvalue weighted by molar-refractivity contribution is 6.36. The molecule has 270 valence electrons. The number of fused-ring (bicyclic) bond motifs is 4. The molecule has 0 radical (unpaired) electrons. The first-order valence-electron chi connectivity index (χ1n) is 17.3. The number of phenols is 1. The van der Waals surface area contributed by atoms with Crippen LogP contribution < -0.4 is 10.2 Å². The summed E-state index contributed by atoms with van der Waals surface area (Å²) in [6, 6.07) is 18.3. The Kier molecular flexibility index (Phi) is 9.52. The van der Waals surface area contributed by atoms with Crippen molar-refractivity contribution in [3.63, 3.8) is 0 Å². The molecule has 3 aromatic rings. The van der Waals surface area contributed by atoms with Gasteiger partial charge >= 0.3 is 5.97 Å². The van der Waals surface area contributed by atoms with E-state index in [-0.39, 0.29) is 54.1 Å². The number of rotatable bonds is 11. The summed E-state index contributed by atoms with van der Waals surface area (Å²) in [5.41, 5.74) is 3.61. The van der Waals surface area contributed by atoms with Gasteiger partial charge in [-0.3, -0.25) is 34.3 Å². The number of hydrogen-bond acceptors (Lipinski definition) is 8. The molecule has 13 heteroatoms. The third-order valence-electron chi connectivity index (χ3n) is 11.1. The maximum atomic E-state index is 15.2. The van der Waals surface area contributed by atoms with Crippen LogP contribution in [0.15, 0.2) is 78.4 Å². The van der Waals surface area contributed by atoms with E-state index in [1.807, 2.05) is 6.08 Å². The number of carbonyl (C=O) groups excluding carboxylic acids is 4. The van der Waals surface area contributed by atoms with Crippen LogP contribution in [-0.4, -0.2) is 63.4 Å². The highest BCUT2D eigenvalue weighted by Gasteiger charge is 2.70. The van der Waals surface area contributed by atoms with Crippen LogP contribution in [0.25, 0.3) is 0 Å². The number of amides is 4.